The van der Waals surface area contributed by atoms with Crippen molar-refractivity contribution in [3.05, 3.63) is 41.2 Å². The lowest BCUT2D eigenvalue weighted by Gasteiger charge is -2.33. The standard InChI is InChI=1S/C18H22N2O3S/c1-12-5-7-13(8-6-12)20(2)18(22)15-9-10-16(24-15)19-17(21)14-4-3-11-23-14/h3-4,9-13H,5-8H2,1-2H3,(H,19,21). The van der Waals surface area contributed by atoms with Gasteiger partial charge >= 0.3 is 0 Å². The molecule has 0 aromatic carbocycles. The number of hydrogen-bond acceptors (Lipinski definition) is 4. The summed E-state index contributed by atoms with van der Waals surface area (Å²) in [6.07, 6.45) is 5.94. The molecular weight excluding hydrogens is 324 g/mol. The van der Waals surface area contributed by atoms with Gasteiger partial charge in [0.15, 0.2) is 5.76 Å². The molecule has 1 N–H and O–H groups in total. The summed E-state index contributed by atoms with van der Waals surface area (Å²) in [6, 6.07) is 7.12. The van der Waals surface area contributed by atoms with Gasteiger partial charge in [-0.15, -0.1) is 11.3 Å². The first-order chi connectivity index (χ1) is 11.5. The number of hydrogen-bond donors (Lipinski definition) is 1. The van der Waals surface area contributed by atoms with Gasteiger partial charge in [-0.3, -0.25) is 9.59 Å². The molecular formula is C18H22N2O3S. The SMILES string of the molecule is CC1CCC(N(C)C(=O)c2ccc(NC(=O)c3ccco3)s2)CC1. The van der Waals surface area contributed by atoms with Crippen molar-refractivity contribution in [2.24, 2.45) is 5.92 Å². The van der Waals surface area contributed by atoms with Crippen LogP contribution in [0.4, 0.5) is 5.00 Å². The zero-order valence-corrected chi connectivity index (χ0v) is 14.8. The average Bonchev–Trinajstić information content (AvgIpc) is 3.26. The number of carbonyl (C=O) groups is 2. The van der Waals surface area contributed by atoms with Crippen LogP contribution in [0, 0.1) is 5.92 Å². The van der Waals surface area contributed by atoms with Crippen LogP contribution in [-0.4, -0.2) is 29.8 Å². The Hall–Kier alpha value is -2.08. The van der Waals surface area contributed by atoms with Crippen LogP contribution in [0.2, 0.25) is 0 Å². The number of amides is 2. The van der Waals surface area contributed by atoms with E-state index >= 15 is 0 Å². The number of thiophene rings is 1. The predicted molar refractivity (Wildman–Crippen MR) is 94.5 cm³/mol. The summed E-state index contributed by atoms with van der Waals surface area (Å²) in [4.78, 5) is 27.1. The topological polar surface area (TPSA) is 62.6 Å². The molecule has 0 atom stereocenters. The number of nitrogens with zero attached hydrogens (tertiary/aromatic N) is 1. The summed E-state index contributed by atoms with van der Waals surface area (Å²) in [5.74, 6) is 0.730. The predicted octanol–water partition coefficient (Wildman–Crippen LogP) is 4.24. The second-order valence-corrected chi connectivity index (χ2v) is 7.51. The molecule has 1 saturated carbocycles. The molecule has 24 heavy (non-hydrogen) atoms. The van der Waals surface area contributed by atoms with Crippen LogP contribution in [0.3, 0.4) is 0 Å². The molecule has 1 fully saturated rings. The van der Waals surface area contributed by atoms with E-state index in [1.807, 2.05) is 11.9 Å². The quantitative estimate of drug-likeness (QED) is 0.900. The molecule has 128 valence electrons. The van der Waals surface area contributed by atoms with Crippen LogP contribution in [0.1, 0.15) is 52.8 Å². The molecule has 0 saturated heterocycles. The Morgan fingerprint density at radius 1 is 1.21 bits per heavy atom. The molecule has 6 heteroatoms. The number of furan rings is 1. The highest BCUT2D eigenvalue weighted by Gasteiger charge is 2.26. The van der Waals surface area contributed by atoms with Gasteiger partial charge in [0.2, 0.25) is 0 Å². The van der Waals surface area contributed by atoms with E-state index in [4.69, 9.17) is 4.42 Å². The third kappa shape index (κ3) is 3.70. The van der Waals surface area contributed by atoms with Gasteiger partial charge in [-0.05, 0) is 55.9 Å². The lowest BCUT2D eigenvalue weighted by molar-refractivity contribution is 0.0684. The molecule has 2 aromatic rings. The molecule has 1 aliphatic rings. The maximum absolute atomic E-state index is 12.7. The molecule has 5 nitrogen and oxygen atoms in total. The summed E-state index contributed by atoms with van der Waals surface area (Å²) in [5, 5.41) is 3.40. The summed E-state index contributed by atoms with van der Waals surface area (Å²) in [5.41, 5.74) is 0. The largest absolute Gasteiger partial charge is 0.459 e. The number of nitrogens with one attached hydrogen (secondary N) is 1. The molecule has 0 aliphatic heterocycles. The minimum absolute atomic E-state index is 0.0260. The van der Waals surface area contributed by atoms with Crippen molar-refractivity contribution in [2.75, 3.05) is 12.4 Å². The fourth-order valence-corrected chi connectivity index (χ4v) is 3.95. The summed E-state index contributed by atoms with van der Waals surface area (Å²) in [7, 11) is 1.88. The summed E-state index contributed by atoms with van der Waals surface area (Å²) in [6.45, 7) is 2.27. The van der Waals surface area contributed by atoms with Crippen LogP contribution in [0.25, 0.3) is 0 Å². The Bertz CT molecular complexity index is 700. The van der Waals surface area contributed by atoms with Gasteiger partial charge in [0, 0.05) is 13.1 Å². The molecule has 2 aromatic heterocycles. The first-order valence-corrected chi connectivity index (χ1v) is 9.08. The normalized spacial score (nSPS) is 20.6. The maximum atomic E-state index is 12.7. The van der Waals surface area contributed by atoms with E-state index in [9.17, 15) is 9.59 Å². The highest BCUT2D eigenvalue weighted by atomic mass is 32.1. The van der Waals surface area contributed by atoms with Gasteiger partial charge in [-0.2, -0.15) is 0 Å². The van der Waals surface area contributed by atoms with Crippen molar-refractivity contribution in [2.45, 2.75) is 38.6 Å². The van der Waals surface area contributed by atoms with E-state index in [-0.39, 0.29) is 17.6 Å². The van der Waals surface area contributed by atoms with Gasteiger partial charge in [0.1, 0.15) is 0 Å². The fourth-order valence-electron chi connectivity index (χ4n) is 3.07. The van der Waals surface area contributed by atoms with E-state index in [0.29, 0.717) is 15.9 Å². The first-order valence-electron chi connectivity index (χ1n) is 8.26. The zero-order chi connectivity index (χ0) is 17.1. The summed E-state index contributed by atoms with van der Waals surface area (Å²) >= 11 is 1.29. The van der Waals surface area contributed by atoms with Crippen molar-refractivity contribution in [3.63, 3.8) is 0 Å². The molecule has 0 spiro atoms. The van der Waals surface area contributed by atoms with E-state index in [1.165, 1.54) is 30.4 Å². The van der Waals surface area contributed by atoms with E-state index < -0.39 is 0 Å². The van der Waals surface area contributed by atoms with Crippen molar-refractivity contribution < 1.29 is 14.0 Å². The Balaban J connectivity index is 1.62. The van der Waals surface area contributed by atoms with Crippen LogP contribution in [0.15, 0.2) is 34.9 Å². The average molecular weight is 346 g/mol. The monoisotopic (exact) mass is 346 g/mol. The highest BCUT2D eigenvalue weighted by molar-refractivity contribution is 7.18. The zero-order valence-electron chi connectivity index (χ0n) is 14.0. The van der Waals surface area contributed by atoms with Gasteiger partial charge in [0.25, 0.3) is 11.8 Å². The Kier molecular flexibility index (Phi) is 5.04. The van der Waals surface area contributed by atoms with Gasteiger partial charge in [0.05, 0.1) is 16.1 Å². The van der Waals surface area contributed by atoms with Crippen molar-refractivity contribution in [1.82, 2.24) is 4.90 Å². The summed E-state index contributed by atoms with van der Waals surface area (Å²) < 4.78 is 5.07. The number of carbonyl (C=O) groups excluding carboxylic acids is 2. The van der Waals surface area contributed by atoms with Crippen LogP contribution in [0.5, 0.6) is 0 Å². The van der Waals surface area contributed by atoms with Gasteiger partial charge in [-0.1, -0.05) is 6.92 Å². The Labute approximate surface area is 145 Å². The Morgan fingerprint density at radius 3 is 2.62 bits per heavy atom. The molecule has 2 amide bonds. The van der Waals surface area contributed by atoms with Gasteiger partial charge in [-0.25, -0.2) is 0 Å². The molecule has 2 heterocycles. The molecule has 1 aliphatic carbocycles. The van der Waals surface area contributed by atoms with E-state index in [1.54, 1.807) is 24.3 Å². The smallest absolute Gasteiger partial charge is 0.291 e. The lowest BCUT2D eigenvalue weighted by Crippen LogP contribution is -2.38. The molecule has 0 bridgehead atoms. The number of rotatable bonds is 4. The molecule has 0 unspecified atom stereocenters. The third-order valence-electron chi connectivity index (χ3n) is 4.65. The van der Waals surface area contributed by atoms with E-state index in [0.717, 1.165) is 18.8 Å². The molecule has 0 radical (unpaired) electrons. The van der Waals surface area contributed by atoms with Crippen molar-refractivity contribution in [3.8, 4) is 0 Å². The van der Waals surface area contributed by atoms with Crippen molar-refractivity contribution >= 4 is 28.2 Å². The van der Waals surface area contributed by atoms with Crippen LogP contribution >= 0.6 is 11.3 Å². The van der Waals surface area contributed by atoms with Gasteiger partial charge < -0.3 is 14.6 Å². The second kappa shape index (κ2) is 7.21. The number of anilines is 1. The van der Waals surface area contributed by atoms with Crippen LogP contribution in [-0.2, 0) is 0 Å². The second-order valence-electron chi connectivity index (χ2n) is 6.43. The lowest BCUT2D eigenvalue weighted by atomic mass is 9.87. The van der Waals surface area contributed by atoms with Crippen LogP contribution < -0.4 is 5.32 Å². The first kappa shape index (κ1) is 16.8. The van der Waals surface area contributed by atoms with E-state index in [2.05, 4.69) is 12.2 Å². The highest BCUT2D eigenvalue weighted by Crippen LogP contribution is 2.29. The third-order valence-corrected chi connectivity index (χ3v) is 5.64. The minimum atomic E-state index is -0.310. The Morgan fingerprint density at radius 2 is 1.96 bits per heavy atom. The van der Waals surface area contributed by atoms with Crippen molar-refractivity contribution in [1.29, 1.82) is 0 Å². The molecule has 3 rings (SSSR count). The maximum Gasteiger partial charge on any atom is 0.291 e. The minimum Gasteiger partial charge on any atom is -0.459 e. The fraction of sp³-hybridized carbons (Fsp3) is 0.444.